The van der Waals surface area contributed by atoms with E-state index in [0.29, 0.717) is 18.1 Å². The Labute approximate surface area is 135 Å². The van der Waals surface area contributed by atoms with Crippen LogP contribution < -0.4 is 14.8 Å². The van der Waals surface area contributed by atoms with Crippen LogP contribution in [0.5, 0.6) is 11.5 Å². The predicted molar refractivity (Wildman–Crippen MR) is 85.3 cm³/mol. The van der Waals surface area contributed by atoms with Crippen LogP contribution in [-0.2, 0) is 14.3 Å². The zero-order chi connectivity index (χ0) is 16.7. The molecule has 6 nitrogen and oxygen atoms in total. The van der Waals surface area contributed by atoms with Gasteiger partial charge in [-0.3, -0.25) is 4.79 Å². The van der Waals surface area contributed by atoms with E-state index in [0.717, 1.165) is 18.4 Å². The molecular weight excluding hydrogens is 298 g/mol. The fourth-order valence-electron chi connectivity index (χ4n) is 1.91. The highest BCUT2D eigenvalue weighted by Crippen LogP contribution is 2.28. The molecule has 1 amide bonds. The molecule has 6 heteroatoms. The van der Waals surface area contributed by atoms with Gasteiger partial charge < -0.3 is 19.5 Å². The highest BCUT2D eigenvalue weighted by atomic mass is 16.5. The van der Waals surface area contributed by atoms with E-state index in [4.69, 9.17) is 14.2 Å². The Morgan fingerprint density at radius 1 is 1.30 bits per heavy atom. The normalized spacial score (nSPS) is 13.7. The molecule has 2 rings (SSSR count). The molecule has 1 fully saturated rings. The van der Waals surface area contributed by atoms with Crippen molar-refractivity contribution >= 4 is 18.0 Å². The number of hydrogen-bond donors (Lipinski definition) is 1. The minimum Gasteiger partial charge on any atom is -0.493 e. The van der Waals surface area contributed by atoms with Gasteiger partial charge in [0.05, 0.1) is 13.7 Å². The minimum absolute atomic E-state index is 0.257. The first-order valence-corrected chi connectivity index (χ1v) is 7.57. The highest BCUT2D eigenvalue weighted by Gasteiger charge is 2.23. The number of nitrogens with one attached hydrogen (secondary N) is 1. The second kappa shape index (κ2) is 8.22. The summed E-state index contributed by atoms with van der Waals surface area (Å²) in [6.45, 7) is 2.14. The lowest BCUT2D eigenvalue weighted by Gasteiger charge is -2.09. The van der Waals surface area contributed by atoms with Gasteiger partial charge in [-0.25, -0.2) is 4.79 Å². The molecule has 0 unspecified atom stereocenters. The van der Waals surface area contributed by atoms with Gasteiger partial charge in [0.25, 0.3) is 5.91 Å². The van der Waals surface area contributed by atoms with E-state index >= 15 is 0 Å². The lowest BCUT2D eigenvalue weighted by atomic mass is 10.2. The maximum absolute atomic E-state index is 11.6. The molecule has 1 aliphatic rings. The van der Waals surface area contributed by atoms with Crippen LogP contribution in [0.1, 0.15) is 25.3 Å². The van der Waals surface area contributed by atoms with Crippen molar-refractivity contribution in [2.45, 2.75) is 25.8 Å². The second-order valence-electron chi connectivity index (χ2n) is 5.13. The van der Waals surface area contributed by atoms with Gasteiger partial charge in [0.15, 0.2) is 18.1 Å². The van der Waals surface area contributed by atoms with Crippen molar-refractivity contribution in [2.75, 3.05) is 20.3 Å². The first kappa shape index (κ1) is 16.9. The Bertz CT molecular complexity index is 593. The van der Waals surface area contributed by atoms with Crippen molar-refractivity contribution in [2.24, 2.45) is 0 Å². The van der Waals surface area contributed by atoms with E-state index < -0.39 is 5.97 Å². The van der Waals surface area contributed by atoms with Crippen molar-refractivity contribution in [3.63, 3.8) is 0 Å². The average molecular weight is 319 g/mol. The van der Waals surface area contributed by atoms with Gasteiger partial charge >= 0.3 is 5.97 Å². The number of methoxy groups -OCH3 is 1. The summed E-state index contributed by atoms with van der Waals surface area (Å²) in [5.41, 5.74) is 0.772. The summed E-state index contributed by atoms with van der Waals surface area (Å²) in [6.07, 6.45) is 4.88. The van der Waals surface area contributed by atoms with Crippen LogP contribution in [0.25, 0.3) is 6.08 Å². The molecule has 0 aliphatic heterocycles. The largest absolute Gasteiger partial charge is 0.493 e. The van der Waals surface area contributed by atoms with E-state index in [1.165, 1.54) is 6.08 Å². The summed E-state index contributed by atoms with van der Waals surface area (Å²) in [5, 5.41) is 2.75. The molecule has 1 saturated carbocycles. The fraction of sp³-hybridized carbons (Fsp3) is 0.412. The third kappa shape index (κ3) is 5.65. The molecule has 0 atom stereocenters. The monoisotopic (exact) mass is 319 g/mol. The quantitative estimate of drug-likeness (QED) is 0.585. The highest BCUT2D eigenvalue weighted by molar-refractivity contribution is 5.89. The fourth-order valence-corrected chi connectivity index (χ4v) is 1.91. The van der Waals surface area contributed by atoms with Crippen LogP contribution in [0.4, 0.5) is 0 Å². The molecular formula is C17H21NO5. The van der Waals surface area contributed by atoms with Crippen molar-refractivity contribution in [3.8, 4) is 11.5 Å². The summed E-state index contributed by atoms with van der Waals surface area (Å²) in [6, 6.07) is 5.59. The minimum atomic E-state index is -0.565. The summed E-state index contributed by atoms with van der Waals surface area (Å²) >= 11 is 0. The molecule has 0 aromatic heterocycles. The number of ether oxygens (including phenoxy) is 3. The number of rotatable bonds is 8. The Morgan fingerprint density at radius 2 is 2.09 bits per heavy atom. The number of carbonyl (C=O) groups excluding carboxylic acids is 2. The van der Waals surface area contributed by atoms with E-state index in [9.17, 15) is 9.59 Å². The maximum Gasteiger partial charge on any atom is 0.331 e. The van der Waals surface area contributed by atoms with Crippen LogP contribution in [0, 0.1) is 0 Å². The third-order valence-corrected chi connectivity index (χ3v) is 3.19. The molecule has 23 heavy (non-hydrogen) atoms. The van der Waals surface area contributed by atoms with Gasteiger partial charge in [-0.05, 0) is 43.5 Å². The van der Waals surface area contributed by atoms with Gasteiger partial charge in [-0.15, -0.1) is 0 Å². The van der Waals surface area contributed by atoms with E-state index in [1.54, 1.807) is 31.4 Å². The zero-order valence-electron chi connectivity index (χ0n) is 13.3. The van der Waals surface area contributed by atoms with Crippen LogP contribution in [0.2, 0.25) is 0 Å². The molecule has 0 spiro atoms. The number of hydrogen-bond acceptors (Lipinski definition) is 5. The third-order valence-electron chi connectivity index (χ3n) is 3.19. The number of amides is 1. The van der Waals surface area contributed by atoms with E-state index in [2.05, 4.69) is 5.32 Å². The summed E-state index contributed by atoms with van der Waals surface area (Å²) < 4.78 is 15.5. The van der Waals surface area contributed by atoms with Crippen LogP contribution in [-0.4, -0.2) is 38.2 Å². The Kier molecular flexibility index (Phi) is 6.02. The number of benzene rings is 1. The van der Waals surface area contributed by atoms with Crippen molar-refractivity contribution in [1.82, 2.24) is 5.32 Å². The lowest BCUT2D eigenvalue weighted by molar-refractivity contribution is -0.143. The standard InChI is InChI=1S/C17H21NO5/c1-3-22-15-10-12(4-8-14(15)21-2)5-9-17(20)23-11-16(19)18-13-6-7-13/h4-5,8-10,13H,3,6-7,11H2,1-2H3,(H,18,19)/b9-5+. The smallest absolute Gasteiger partial charge is 0.331 e. The Balaban J connectivity index is 1.86. The van der Waals surface area contributed by atoms with Crippen molar-refractivity contribution < 1.29 is 23.8 Å². The van der Waals surface area contributed by atoms with Gasteiger partial charge in [0.1, 0.15) is 0 Å². The van der Waals surface area contributed by atoms with Gasteiger partial charge in [-0.1, -0.05) is 6.07 Å². The molecule has 0 saturated heterocycles. The summed E-state index contributed by atoms with van der Waals surface area (Å²) in [5.74, 6) is 0.403. The molecule has 1 aromatic carbocycles. The molecule has 0 heterocycles. The molecule has 0 radical (unpaired) electrons. The SMILES string of the molecule is CCOc1cc(/C=C/C(=O)OCC(=O)NC2CC2)ccc1OC. The summed E-state index contributed by atoms with van der Waals surface area (Å²) in [4.78, 5) is 23.0. The molecule has 1 aliphatic carbocycles. The van der Waals surface area contributed by atoms with E-state index in [1.807, 2.05) is 6.92 Å². The molecule has 0 bridgehead atoms. The summed E-state index contributed by atoms with van der Waals surface area (Å²) in [7, 11) is 1.57. The second-order valence-corrected chi connectivity index (χ2v) is 5.13. The first-order valence-electron chi connectivity index (χ1n) is 7.57. The van der Waals surface area contributed by atoms with Crippen molar-refractivity contribution in [3.05, 3.63) is 29.8 Å². The average Bonchev–Trinajstić information content (AvgIpc) is 3.35. The van der Waals surface area contributed by atoms with Crippen LogP contribution >= 0.6 is 0 Å². The number of carbonyl (C=O) groups is 2. The number of esters is 1. The molecule has 1 aromatic rings. The van der Waals surface area contributed by atoms with Crippen LogP contribution in [0.15, 0.2) is 24.3 Å². The van der Waals surface area contributed by atoms with Gasteiger partial charge in [-0.2, -0.15) is 0 Å². The van der Waals surface area contributed by atoms with Crippen LogP contribution in [0.3, 0.4) is 0 Å². The Morgan fingerprint density at radius 3 is 2.74 bits per heavy atom. The first-order chi connectivity index (χ1) is 11.1. The maximum atomic E-state index is 11.6. The zero-order valence-corrected chi connectivity index (χ0v) is 13.3. The molecule has 124 valence electrons. The van der Waals surface area contributed by atoms with Crippen molar-refractivity contribution in [1.29, 1.82) is 0 Å². The predicted octanol–water partition coefficient (Wildman–Crippen LogP) is 1.93. The van der Waals surface area contributed by atoms with E-state index in [-0.39, 0.29) is 18.6 Å². The van der Waals surface area contributed by atoms with Gasteiger partial charge in [0.2, 0.25) is 0 Å². The topological polar surface area (TPSA) is 73.9 Å². The van der Waals surface area contributed by atoms with Gasteiger partial charge in [0, 0.05) is 12.1 Å². The Hall–Kier alpha value is -2.50. The molecule has 1 N–H and O–H groups in total. The lowest BCUT2D eigenvalue weighted by Crippen LogP contribution is -2.30.